The molecule has 2 aliphatic rings. The van der Waals surface area contributed by atoms with Crippen molar-refractivity contribution in [2.75, 3.05) is 20.8 Å². The second-order valence-corrected chi connectivity index (χ2v) is 7.70. The van der Waals surface area contributed by atoms with Crippen molar-refractivity contribution in [2.45, 2.75) is 6.42 Å². The minimum Gasteiger partial charge on any atom is -0.493 e. The quantitative estimate of drug-likeness (QED) is 0.626. The highest BCUT2D eigenvalue weighted by atomic mass is 32.1. The molecule has 3 aromatic rings. The number of nitrogens with zero attached hydrogens (tertiary/aromatic N) is 1. The zero-order valence-electron chi connectivity index (χ0n) is 15.3. The van der Waals surface area contributed by atoms with Crippen LogP contribution in [0.4, 0.5) is 0 Å². The van der Waals surface area contributed by atoms with Crippen molar-refractivity contribution in [3.05, 3.63) is 75.5 Å². The lowest BCUT2D eigenvalue weighted by atomic mass is 9.97. The number of rotatable bonds is 4. The number of ether oxygens (including phenoxy) is 2. The fraction of sp³-hybridized carbons (Fsp3) is 0.174. The summed E-state index contributed by atoms with van der Waals surface area (Å²) in [5.41, 5.74) is 8.86. The molecule has 0 radical (unpaired) electrons. The first-order chi connectivity index (χ1) is 13.3. The third kappa shape index (κ3) is 2.60. The Morgan fingerprint density at radius 3 is 2.33 bits per heavy atom. The van der Waals surface area contributed by atoms with E-state index in [-0.39, 0.29) is 0 Å². The highest BCUT2D eigenvalue weighted by Gasteiger charge is 2.29. The van der Waals surface area contributed by atoms with E-state index in [1.165, 1.54) is 27.2 Å². The molecule has 0 amide bonds. The summed E-state index contributed by atoms with van der Waals surface area (Å²) in [6.45, 7) is 0.811. The highest BCUT2D eigenvalue weighted by molar-refractivity contribution is 7.10. The van der Waals surface area contributed by atoms with Crippen LogP contribution in [0.15, 0.2) is 64.5 Å². The summed E-state index contributed by atoms with van der Waals surface area (Å²) in [7, 11) is 3.31. The monoisotopic (exact) mass is 373 g/mol. The van der Waals surface area contributed by atoms with Gasteiger partial charge in [-0.2, -0.15) is 0 Å². The first kappa shape index (κ1) is 16.3. The molecule has 1 aliphatic heterocycles. The number of fused-ring (bicyclic) bond motifs is 2. The fourth-order valence-corrected chi connectivity index (χ4v) is 4.85. The Balaban J connectivity index is 1.44. The van der Waals surface area contributed by atoms with Crippen LogP contribution in [0.25, 0.3) is 16.7 Å². The van der Waals surface area contributed by atoms with Crippen molar-refractivity contribution in [1.29, 1.82) is 0 Å². The van der Waals surface area contributed by atoms with Gasteiger partial charge >= 0.3 is 0 Å². The van der Waals surface area contributed by atoms with Gasteiger partial charge in [0.05, 0.1) is 26.5 Å². The van der Waals surface area contributed by atoms with E-state index in [1.54, 1.807) is 14.2 Å². The van der Waals surface area contributed by atoms with Crippen LogP contribution in [0.5, 0.6) is 11.5 Å². The topological polar surface area (TPSA) is 30.8 Å². The summed E-state index contributed by atoms with van der Waals surface area (Å²) in [4.78, 5) is 6.31. The Hall–Kier alpha value is -2.85. The van der Waals surface area contributed by atoms with Crippen LogP contribution >= 0.6 is 11.3 Å². The normalized spacial score (nSPS) is 14.8. The molecular weight excluding hydrogens is 354 g/mol. The smallest absolute Gasteiger partial charge is 0.161 e. The largest absolute Gasteiger partial charge is 0.493 e. The lowest BCUT2D eigenvalue weighted by molar-refractivity contribution is 0.355. The SMILES string of the molecule is COc1ccc(-c2ccc(C3=NCC4=C3Cc3sccc34)cc2)cc1OC. The average molecular weight is 373 g/mol. The second kappa shape index (κ2) is 6.39. The van der Waals surface area contributed by atoms with Crippen LogP contribution in [0.3, 0.4) is 0 Å². The Bertz CT molecular complexity index is 1090. The predicted molar refractivity (Wildman–Crippen MR) is 111 cm³/mol. The Labute approximate surface area is 162 Å². The van der Waals surface area contributed by atoms with Gasteiger partial charge in [0.2, 0.25) is 0 Å². The van der Waals surface area contributed by atoms with E-state index in [0.29, 0.717) is 0 Å². The Kier molecular flexibility index (Phi) is 3.87. The molecule has 0 saturated carbocycles. The molecular formula is C23H19NO2S. The van der Waals surface area contributed by atoms with Gasteiger partial charge in [-0.1, -0.05) is 30.3 Å². The summed E-state index contributed by atoms with van der Waals surface area (Å²) in [6.07, 6.45) is 1.03. The number of hydrogen-bond acceptors (Lipinski definition) is 4. The zero-order chi connectivity index (χ0) is 18.4. The van der Waals surface area contributed by atoms with Crippen LogP contribution in [0.1, 0.15) is 16.0 Å². The van der Waals surface area contributed by atoms with Crippen molar-refractivity contribution in [2.24, 2.45) is 4.99 Å². The standard InChI is InChI=1S/C23H19NO2S/c1-25-20-8-7-16(11-21(20)26-2)14-3-5-15(6-4-14)23-18-12-22-17(9-10-27-22)19(18)13-24-23/h3-11H,12-13H2,1-2H3. The molecule has 2 aromatic carbocycles. The van der Waals surface area contributed by atoms with Gasteiger partial charge in [0, 0.05) is 16.9 Å². The summed E-state index contributed by atoms with van der Waals surface area (Å²) in [5.74, 6) is 1.48. The van der Waals surface area contributed by atoms with Gasteiger partial charge in [-0.3, -0.25) is 4.99 Å². The van der Waals surface area contributed by atoms with Crippen molar-refractivity contribution >= 4 is 22.6 Å². The van der Waals surface area contributed by atoms with E-state index in [1.807, 2.05) is 23.5 Å². The maximum absolute atomic E-state index is 5.42. The van der Waals surface area contributed by atoms with Crippen LogP contribution in [0, 0.1) is 0 Å². The minimum atomic E-state index is 0.742. The molecule has 0 unspecified atom stereocenters. The van der Waals surface area contributed by atoms with Crippen molar-refractivity contribution in [1.82, 2.24) is 0 Å². The van der Waals surface area contributed by atoms with Crippen molar-refractivity contribution < 1.29 is 9.47 Å². The molecule has 5 rings (SSSR count). The second-order valence-electron chi connectivity index (χ2n) is 6.70. The number of aliphatic imine (C=N–C) groups is 1. The van der Waals surface area contributed by atoms with E-state index >= 15 is 0 Å². The molecule has 1 aliphatic carbocycles. The number of methoxy groups -OCH3 is 2. The van der Waals surface area contributed by atoms with Gasteiger partial charge < -0.3 is 9.47 Å². The maximum atomic E-state index is 5.42. The molecule has 0 N–H and O–H groups in total. The molecule has 27 heavy (non-hydrogen) atoms. The van der Waals surface area contributed by atoms with E-state index in [2.05, 4.69) is 41.8 Å². The van der Waals surface area contributed by atoms with Crippen LogP contribution < -0.4 is 9.47 Å². The summed E-state index contributed by atoms with van der Waals surface area (Å²) >= 11 is 1.85. The van der Waals surface area contributed by atoms with Gasteiger partial charge in [-0.05, 0) is 51.4 Å². The van der Waals surface area contributed by atoms with E-state index in [0.717, 1.165) is 41.3 Å². The molecule has 0 saturated heterocycles. The van der Waals surface area contributed by atoms with Crippen LogP contribution in [-0.2, 0) is 6.42 Å². The molecule has 0 bridgehead atoms. The average Bonchev–Trinajstić information content (AvgIpc) is 3.40. The Morgan fingerprint density at radius 2 is 1.56 bits per heavy atom. The van der Waals surface area contributed by atoms with E-state index in [4.69, 9.17) is 14.5 Å². The van der Waals surface area contributed by atoms with Gasteiger partial charge in [0.1, 0.15) is 0 Å². The molecule has 4 heteroatoms. The zero-order valence-corrected chi connectivity index (χ0v) is 16.1. The first-order valence-corrected chi connectivity index (χ1v) is 9.83. The molecule has 134 valence electrons. The number of hydrogen-bond donors (Lipinski definition) is 0. The molecule has 0 spiro atoms. The van der Waals surface area contributed by atoms with Gasteiger partial charge in [-0.15, -0.1) is 11.3 Å². The third-order valence-electron chi connectivity index (χ3n) is 5.33. The van der Waals surface area contributed by atoms with Crippen molar-refractivity contribution in [3.8, 4) is 22.6 Å². The molecule has 0 fully saturated rings. The molecule has 2 heterocycles. The third-order valence-corrected chi connectivity index (χ3v) is 6.25. The minimum absolute atomic E-state index is 0.742. The number of thiophene rings is 1. The summed E-state index contributed by atoms with van der Waals surface area (Å²) in [6, 6.07) is 16.9. The highest BCUT2D eigenvalue weighted by Crippen LogP contribution is 2.41. The molecule has 1 aromatic heterocycles. The molecule has 3 nitrogen and oxygen atoms in total. The van der Waals surface area contributed by atoms with Crippen LogP contribution in [-0.4, -0.2) is 26.5 Å². The van der Waals surface area contributed by atoms with Gasteiger partial charge in [-0.25, -0.2) is 0 Å². The summed E-state index contributed by atoms with van der Waals surface area (Å²) in [5, 5.41) is 2.18. The maximum Gasteiger partial charge on any atom is 0.161 e. The van der Waals surface area contributed by atoms with Gasteiger partial charge in [0.15, 0.2) is 11.5 Å². The first-order valence-electron chi connectivity index (χ1n) is 8.95. The summed E-state index contributed by atoms with van der Waals surface area (Å²) < 4.78 is 10.8. The fourth-order valence-electron chi connectivity index (χ4n) is 3.94. The van der Waals surface area contributed by atoms with E-state index in [9.17, 15) is 0 Å². The molecule has 0 atom stereocenters. The number of allylic oxidation sites excluding steroid dienone is 1. The lowest BCUT2D eigenvalue weighted by Gasteiger charge is -2.11. The Morgan fingerprint density at radius 1 is 0.815 bits per heavy atom. The van der Waals surface area contributed by atoms with Crippen LogP contribution in [0.2, 0.25) is 0 Å². The lowest BCUT2D eigenvalue weighted by Crippen LogP contribution is -2.03. The number of benzene rings is 2. The van der Waals surface area contributed by atoms with Crippen molar-refractivity contribution in [3.63, 3.8) is 0 Å². The van der Waals surface area contributed by atoms with E-state index < -0.39 is 0 Å². The van der Waals surface area contributed by atoms with Gasteiger partial charge in [0.25, 0.3) is 0 Å². The predicted octanol–water partition coefficient (Wildman–Crippen LogP) is 5.24.